The Hall–Kier alpha value is -1.76. The molecule has 0 radical (unpaired) electrons. The number of hydrogen-bond donors (Lipinski definition) is 1. The lowest BCUT2D eigenvalue weighted by Crippen LogP contribution is -2.47. The predicted octanol–water partition coefficient (Wildman–Crippen LogP) is 2.12. The Balaban J connectivity index is 1.56. The first-order valence-electron chi connectivity index (χ1n) is 7.51. The van der Waals surface area contributed by atoms with Gasteiger partial charge in [0.2, 0.25) is 0 Å². The fraction of sp³-hybridized carbons (Fsp3) is 0.375. The normalized spacial score (nSPS) is 17.3. The Morgan fingerprint density at radius 3 is 2.61 bits per heavy atom. The van der Waals surface area contributed by atoms with Crippen LogP contribution < -0.4 is 4.90 Å². The molecule has 0 amide bonds. The van der Waals surface area contributed by atoms with Gasteiger partial charge in [0.05, 0.1) is 6.10 Å². The zero-order chi connectivity index (χ0) is 16.2. The number of hydrogen-bond acceptors (Lipinski definition) is 5. The van der Waals surface area contributed by atoms with Crippen molar-refractivity contribution in [1.82, 2.24) is 14.9 Å². The molecule has 2 aromatic rings. The molecule has 1 aromatic heterocycles. The summed E-state index contributed by atoms with van der Waals surface area (Å²) in [6.07, 6.45) is 0.627. The molecule has 0 aliphatic carbocycles. The van der Waals surface area contributed by atoms with E-state index in [9.17, 15) is 9.50 Å². The number of anilines is 1. The van der Waals surface area contributed by atoms with Gasteiger partial charge in [0.25, 0.3) is 0 Å². The number of aliphatic hydroxyl groups is 1. The first-order chi connectivity index (χ1) is 11.1. The molecule has 3 rings (SSSR count). The molecule has 5 nitrogen and oxygen atoms in total. The Kier molecular flexibility index (Phi) is 5.05. The zero-order valence-corrected chi connectivity index (χ0v) is 13.3. The minimum atomic E-state index is -0.823. The van der Waals surface area contributed by atoms with Gasteiger partial charge in [-0.3, -0.25) is 4.90 Å². The number of β-amino-alcohol motifs (C(OH)–C–C–N with tert-alkyl or cyclic N) is 1. The van der Waals surface area contributed by atoms with Crippen LogP contribution in [0.5, 0.6) is 0 Å². The number of benzene rings is 1. The second-order valence-electron chi connectivity index (χ2n) is 5.52. The Morgan fingerprint density at radius 1 is 1.17 bits per heavy atom. The maximum atomic E-state index is 13.7. The van der Waals surface area contributed by atoms with E-state index in [1.165, 1.54) is 12.4 Å². The molecule has 1 fully saturated rings. The Bertz CT molecular complexity index is 664. The van der Waals surface area contributed by atoms with Gasteiger partial charge >= 0.3 is 0 Å². The highest BCUT2D eigenvalue weighted by molar-refractivity contribution is 6.29. The monoisotopic (exact) mass is 336 g/mol. The van der Waals surface area contributed by atoms with Gasteiger partial charge in [-0.2, -0.15) is 0 Å². The highest BCUT2D eigenvalue weighted by atomic mass is 35.5. The third-order valence-corrected chi connectivity index (χ3v) is 4.22. The SMILES string of the molecule is OC(CN1CCN(c2cc(Cl)ncn2)CC1)c1ccccc1F. The van der Waals surface area contributed by atoms with Crippen LogP contribution in [0.4, 0.5) is 10.2 Å². The molecule has 1 unspecified atom stereocenters. The zero-order valence-electron chi connectivity index (χ0n) is 12.6. The van der Waals surface area contributed by atoms with Gasteiger partial charge in [0.15, 0.2) is 0 Å². The van der Waals surface area contributed by atoms with Crippen molar-refractivity contribution in [3.05, 3.63) is 53.2 Å². The predicted molar refractivity (Wildman–Crippen MR) is 87.1 cm³/mol. The number of halogens is 2. The summed E-state index contributed by atoms with van der Waals surface area (Å²) in [7, 11) is 0. The summed E-state index contributed by atoms with van der Waals surface area (Å²) >= 11 is 5.89. The first kappa shape index (κ1) is 16.1. The summed E-state index contributed by atoms with van der Waals surface area (Å²) < 4.78 is 13.7. The molecule has 2 heterocycles. The van der Waals surface area contributed by atoms with Gasteiger partial charge in [-0.15, -0.1) is 0 Å². The molecule has 1 atom stereocenters. The average molecular weight is 337 g/mol. The van der Waals surface area contributed by atoms with E-state index in [0.717, 1.165) is 32.0 Å². The van der Waals surface area contributed by atoms with E-state index in [0.29, 0.717) is 17.3 Å². The molecular formula is C16H18ClFN4O. The Morgan fingerprint density at radius 2 is 1.91 bits per heavy atom. The van der Waals surface area contributed by atoms with E-state index in [4.69, 9.17) is 11.6 Å². The molecule has 1 aliphatic rings. The molecule has 1 aliphatic heterocycles. The average Bonchev–Trinajstić information content (AvgIpc) is 2.56. The van der Waals surface area contributed by atoms with Crippen molar-refractivity contribution in [1.29, 1.82) is 0 Å². The fourth-order valence-electron chi connectivity index (χ4n) is 2.74. The van der Waals surface area contributed by atoms with Crippen LogP contribution in [-0.4, -0.2) is 52.7 Å². The van der Waals surface area contributed by atoms with Crippen LogP contribution in [0.15, 0.2) is 36.7 Å². The topological polar surface area (TPSA) is 52.5 Å². The van der Waals surface area contributed by atoms with Crippen LogP contribution in [0, 0.1) is 5.82 Å². The standard InChI is InChI=1S/C16H18ClFN4O/c17-15-9-16(20-11-19-15)22-7-5-21(6-8-22)10-14(23)12-3-1-2-4-13(12)18/h1-4,9,11,14,23H,5-8,10H2. The van der Waals surface area contributed by atoms with Crippen molar-refractivity contribution in [2.24, 2.45) is 0 Å². The van der Waals surface area contributed by atoms with Crippen molar-refractivity contribution in [3.63, 3.8) is 0 Å². The van der Waals surface area contributed by atoms with E-state index < -0.39 is 6.10 Å². The molecule has 1 aromatic carbocycles. The maximum absolute atomic E-state index is 13.7. The van der Waals surface area contributed by atoms with Crippen molar-refractivity contribution in [2.45, 2.75) is 6.10 Å². The number of aromatic nitrogens is 2. The third kappa shape index (κ3) is 3.96. The first-order valence-corrected chi connectivity index (χ1v) is 7.88. The summed E-state index contributed by atoms with van der Waals surface area (Å²) in [5, 5.41) is 10.7. The van der Waals surface area contributed by atoms with Crippen molar-refractivity contribution in [2.75, 3.05) is 37.6 Å². The van der Waals surface area contributed by atoms with E-state index in [2.05, 4.69) is 19.8 Å². The minimum absolute atomic E-state index is 0.345. The second kappa shape index (κ2) is 7.21. The highest BCUT2D eigenvalue weighted by Crippen LogP contribution is 2.20. The van der Waals surface area contributed by atoms with Crippen LogP contribution >= 0.6 is 11.6 Å². The van der Waals surface area contributed by atoms with Crippen LogP contribution in [-0.2, 0) is 0 Å². The lowest BCUT2D eigenvalue weighted by Gasteiger charge is -2.36. The molecule has 122 valence electrons. The van der Waals surface area contributed by atoms with Crippen LogP contribution in [0.25, 0.3) is 0 Å². The second-order valence-corrected chi connectivity index (χ2v) is 5.91. The van der Waals surface area contributed by atoms with Crippen molar-refractivity contribution < 1.29 is 9.50 Å². The third-order valence-electron chi connectivity index (χ3n) is 4.01. The summed E-state index contributed by atoms with van der Waals surface area (Å²) in [4.78, 5) is 12.3. The highest BCUT2D eigenvalue weighted by Gasteiger charge is 2.22. The molecule has 23 heavy (non-hydrogen) atoms. The van der Waals surface area contributed by atoms with Gasteiger partial charge in [-0.05, 0) is 6.07 Å². The van der Waals surface area contributed by atoms with Crippen LogP contribution in [0.2, 0.25) is 5.15 Å². The van der Waals surface area contributed by atoms with Gasteiger partial charge in [-0.1, -0.05) is 29.8 Å². The molecule has 0 saturated carbocycles. The molecule has 1 N–H and O–H groups in total. The van der Waals surface area contributed by atoms with Crippen molar-refractivity contribution in [3.8, 4) is 0 Å². The lowest BCUT2D eigenvalue weighted by molar-refractivity contribution is 0.106. The van der Waals surface area contributed by atoms with E-state index >= 15 is 0 Å². The fourth-order valence-corrected chi connectivity index (χ4v) is 2.89. The Labute approximate surface area is 139 Å². The summed E-state index contributed by atoms with van der Waals surface area (Å²) in [6, 6.07) is 8.09. The molecule has 1 saturated heterocycles. The number of rotatable bonds is 4. The summed E-state index contributed by atoms with van der Waals surface area (Å²) in [6.45, 7) is 3.51. The molecule has 0 spiro atoms. The number of aliphatic hydroxyl groups excluding tert-OH is 1. The van der Waals surface area contributed by atoms with Gasteiger partial charge in [-0.25, -0.2) is 14.4 Å². The molecule has 0 bridgehead atoms. The smallest absolute Gasteiger partial charge is 0.134 e. The van der Waals surface area contributed by atoms with Gasteiger partial charge < -0.3 is 10.0 Å². The summed E-state index contributed by atoms with van der Waals surface area (Å²) in [5.41, 5.74) is 0.345. The minimum Gasteiger partial charge on any atom is -0.387 e. The van der Waals surface area contributed by atoms with Crippen molar-refractivity contribution >= 4 is 17.4 Å². The number of piperazine rings is 1. The molecule has 7 heteroatoms. The quantitative estimate of drug-likeness (QED) is 0.867. The van der Waals surface area contributed by atoms with Gasteiger partial charge in [0, 0.05) is 44.4 Å². The molecular weight excluding hydrogens is 319 g/mol. The van der Waals surface area contributed by atoms with E-state index in [1.807, 2.05) is 0 Å². The van der Waals surface area contributed by atoms with Crippen LogP contribution in [0.1, 0.15) is 11.7 Å². The maximum Gasteiger partial charge on any atom is 0.134 e. The lowest BCUT2D eigenvalue weighted by atomic mass is 10.1. The van der Waals surface area contributed by atoms with Gasteiger partial charge in [0.1, 0.15) is 23.1 Å². The van der Waals surface area contributed by atoms with E-state index in [-0.39, 0.29) is 5.82 Å². The number of nitrogens with zero attached hydrogens (tertiary/aromatic N) is 4. The summed E-state index contributed by atoms with van der Waals surface area (Å²) in [5.74, 6) is 0.438. The largest absolute Gasteiger partial charge is 0.387 e. The van der Waals surface area contributed by atoms with E-state index in [1.54, 1.807) is 24.3 Å². The van der Waals surface area contributed by atoms with Crippen LogP contribution in [0.3, 0.4) is 0 Å².